The number of carbonyl (C=O) groups excluding carboxylic acids is 1. The number of hydrogen-bond donors (Lipinski definition) is 1. The average Bonchev–Trinajstić information content (AvgIpc) is 2.97. The van der Waals surface area contributed by atoms with Gasteiger partial charge < -0.3 is 5.32 Å². The minimum Gasteiger partial charge on any atom is -0.300 e. The molecular weight excluding hydrogens is 404 g/mol. The lowest BCUT2D eigenvalue weighted by Crippen LogP contribution is -2.29. The van der Waals surface area contributed by atoms with Crippen molar-refractivity contribution in [2.45, 2.75) is 43.5 Å². The summed E-state index contributed by atoms with van der Waals surface area (Å²) in [5.74, 6) is -0.293. The highest BCUT2D eigenvalue weighted by Crippen LogP contribution is 2.29. The number of aryl methyl sites for hydroxylation is 2. The molecule has 2 aromatic heterocycles. The maximum atomic E-state index is 12.5. The molecule has 0 atom stereocenters. The van der Waals surface area contributed by atoms with Gasteiger partial charge in [-0.15, -0.1) is 23.1 Å². The minimum absolute atomic E-state index is 0.139. The van der Waals surface area contributed by atoms with E-state index in [2.05, 4.69) is 15.4 Å². The summed E-state index contributed by atoms with van der Waals surface area (Å²) in [4.78, 5) is 31.7. The third kappa shape index (κ3) is 4.76. The Labute approximate surface area is 177 Å². The van der Waals surface area contributed by atoms with Crippen molar-refractivity contribution in [2.24, 2.45) is 0 Å². The lowest BCUT2D eigenvalue weighted by Gasteiger charge is -2.07. The van der Waals surface area contributed by atoms with E-state index in [0.29, 0.717) is 10.8 Å². The van der Waals surface area contributed by atoms with Gasteiger partial charge in [0.1, 0.15) is 6.54 Å². The monoisotopic (exact) mass is 426 g/mol. The molecule has 0 fully saturated rings. The number of nitrogens with one attached hydrogen (secondary N) is 1. The van der Waals surface area contributed by atoms with Crippen LogP contribution in [-0.4, -0.2) is 26.9 Å². The van der Waals surface area contributed by atoms with Crippen LogP contribution in [0.2, 0.25) is 0 Å². The van der Waals surface area contributed by atoms with Gasteiger partial charge in [-0.1, -0.05) is 18.6 Å². The zero-order chi connectivity index (χ0) is 20.2. The molecule has 29 heavy (non-hydrogen) atoms. The number of carbonyl (C=O) groups is 1. The molecule has 0 radical (unpaired) electrons. The Bertz CT molecular complexity index is 1050. The van der Waals surface area contributed by atoms with Gasteiger partial charge in [0.05, 0.1) is 11.4 Å². The molecule has 1 amide bonds. The summed E-state index contributed by atoms with van der Waals surface area (Å²) in [6.45, 7) is -0.139. The second-order valence-electron chi connectivity index (χ2n) is 6.94. The number of aromatic nitrogens is 3. The fourth-order valence-electron chi connectivity index (χ4n) is 3.35. The van der Waals surface area contributed by atoms with E-state index in [1.54, 1.807) is 29.2 Å². The van der Waals surface area contributed by atoms with Crippen LogP contribution in [-0.2, 0) is 24.2 Å². The number of hydrogen-bond acceptors (Lipinski definition) is 6. The molecule has 1 aliphatic rings. The predicted octanol–water partition coefficient (Wildman–Crippen LogP) is 4.00. The molecule has 0 unspecified atom stereocenters. The van der Waals surface area contributed by atoms with Gasteiger partial charge in [0.2, 0.25) is 5.91 Å². The van der Waals surface area contributed by atoms with Crippen LogP contribution in [0.5, 0.6) is 0 Å². The summed E-state index contributed by atoms with van der Waals surface area (Å²) in [7, 11) is 0. The van der Waals surface area contributed by atoms with E-state index in [9.17, 15) is 9.59 Å². The first-order valence-corrected chi connectivity index (χ1v) is 11.7. The van der Waals surface area contributed by atoms with E-state index in [0.717, 1.165) is 35.4 Å². The molecule has 8 heteroatoms. The smallest absolute Gasteiger partial charge is 0.267 e. The van der Waals surface area contributed by atoms with Crippen molar-refractivity contribution in [3.05, 3.63) is 57.3 Å². The highest BCUT2D eigenvalue weighted by molar-refractivity contribution is 7.98. The molecule has 150 valence electrons. The molecule has 3 aromatic rings. The molecule has 0 saturated heterocycles. The standard InChI is InChI=1S/C21H22N4O2S2/c1-28-15-9-7-14(8-10-15)16-11-12-20(27)25(24-16)13-19(26)23-21-22-17-5-3-2-4-6-18(17)29-21/h7-12H,2-6,13H2,1H3,(H,22,23,26). The van der Waals surface area contributed by atoms with Gasteiger partial charge in [0.15, 0.2) is 5.13 Å². The van der Waals surface area contributed by atoms with Gasteiger partial charge in [-0.25, -0.2) is 9.67 Å². The molecule has 0 saturated carbocycles. The number of nitrogens with zero attached hydrogens (tertiary/aromatic N) is 3. The van der Waals surface area contributed by atoms with Gasteiger partial charge in [-0.3, -0.25) is 9.59 Å². The van der Waals surface area contributed by atoms with Crippen LogP contribution in [0.3, 0.4) is 0 Å². The second-order valence-corrected chi connectivity index (χ2v) is 8.90. The van der Waals surface area contributed by atoms with Crippen LogP contribution in [0, 0.1) is 0 Å². The number of rotatable bonds is 5. The van der Waals surface area contributed by atoms with Gasteiger partial charge in [-0.2, -0.15) is 5.10 Å². The third-order valence-corrected chi connectivity index (χ3v) is 6.70. The summed E-state index contributed by atoms with van der Waals surface area (Å²) in [6, 6.07) is 11.1. The lowest BCUT2D eigenvalue weighted by atomic mass is 10.1. The van der Waals surface area contributed by atoms with E-state index >= 15 is 0 Å². The maximum Gasteiger partial charge on any atom is 0.267 e. The molecular formula is C21H22N4O2S2. The Balaban J connectivity index is 1.48. The first-order chi connectivity index (χ1) is 14.1. The van der Waals surface area contributed by atoms with Crippen LogP contribution >= 0.6 is 23.1 Å². The van der Waals surface area contributed by atoms with Gasteiger partial charge in [0, 0.05) is 21.4 Å². The SMILES string of the molecule is CSc1ccc(-c2ccc(=O)n(CC(=O)Nc3nc4c(s3)CCCCC4)n2)cc1. The number of thioether (sulfide) groups is 1. The third-order valence-electron chi connectivity index (χ3n) is 4.89. The van der Waals surface area contributed by atoms with Crippen molar-refractivity contribution in [3.8, 4) is 11.3 Å². The zero-order valence-corrected chi connectivity index (χ0v) is 17.8. The summed E-state index contributed by atoms with van der Waals surface area (Å²) in [5, 5.41) is 7.82. The van der Waals surface area contributed by atoms with E-state index in [1.165, 1.54) is 28.5 Å². The largest absolute Gasteiger partial charge is 0.300 e. The van der Waals surface area contributed by atoms with Crippen molar-refractivity contribution in [1.82, 2.24) is 14.8 Å². The number of amides is 1. The summed E-state index contributed by atoms with van der Waals surface area (Å²) in [6.07, 6.45) is 7.57. The molecule has 0 spiro atoms. The molecule has 1 N–H and O–H groups in total. The Hall–Kier alpha value is -2.45. The number of benzene rings is 1. The van der Waals surface area contributed by atoms with Crippen LogP contribution in [0.25, 0.3) is 11.3 Å². The Kier molecular flexibility index (Phi) is 6.10. The summed E-state index contributed by atoms with van der Waals surface area (Å²) >= 11 is 3.21. The Morgan fingerprint density at radius 1 is 1.14 bits per heavy atom. The molecule has 0 aliphatic heterocycles. The van der Waals surface area contributed by atoms with E-state index < -0.39 is 0 Å². The molecule has 2 heterocycles. The van der Waals surface area contributed by atoms with E-state index in [1.807, 2.05) is 30.5 Å². The van der Waals surface area contributed by atoms with Gasteiger partial charge >= 0.3 is 0 Å². The molecule has 1 aromatic carbocycles. The predicted molar refractivity (Wildman–Crippen MR) is 118 cm³/mol. The van der Waals surface area contributed by atoms with Crippen molar-refractivity contribution >= 4 is 34.1 Å². The number of anilines is 1. The number of thiazole rings is 1. The van der Waals surface area contributed by atoms with E-state index in [-0.39, 0.29) is 18.0 Å². The fourth-order valence-corrected chi connectivity index (χ4v) is 4.83. The van der Waals surface area contributed by atoms with Crippen LogP contribution < -0.4 is 10.9 Å². The first kappa shape index (κ1) is 19.8. The van der Waals surface area contributed by atoms with Gasteiger partial charge in [0.25, 0.3) is 5.56 Å². The summed E-state index contributed by atoms with van der Waals surface area (Å²) < 4.78 is 1.20. The van der Waals surface area contributed by atoms with Gasteiger partial charge in [-0.05, 0) is 50.1 Å². The second kappa shape index (κ2) is 8.92. The van der Waals surface area contributed by atoms with Crippen LogP contribution in [0.4, 0.5) is 5.13 Å². The first-order valence-electron chi connectivity index (χ1n) is 9.63. The van der Waals surface area contributed by atoms with Crippen molar-refractivity contribution < 1.29 is 4.79 Å². The topological polar surface area (TPSA) is 76.9 Å². The molecule has 0 bridgehead atoms. The van der Waals surface area contributed by atoms with Crippen LogP contribution in [0.1, 0.15) is 29.8 Å². The lowest BCUT2D eigenvalue weighted by molar-refractivity contribution is -0.117. The molecule has 4 rings (SSSR count). The van der Waals surface area contributed by atoms with E-state index in [4.69, 9.17) is 0 Å². The maximum absolute atomic E-state index is 12.5. The highest BCUT2D eigenvalue weighted by Gasteiger charge is 2.16. The van der Waals surface area contributed by atoms with Crippen molar-refractivity contribution in [2.75, 3.05) is 11.6 Å². The Morgan fingerprint density at radius 2 is 1.93 bits per heavy atom. The van der Waals surface area contributed by atoms with Crippen LogP contribution in [0.15, 0.2) is 46.1 Å². The summed E-state index contributed by atoms with van der Waals surface area (Å²) in [5.41, 5.74) is 2.36. The molecule has 6 nitrogen and oxygen atoms in total. The Morgan fingerprint density at radius 3 is 2.72 bits per heavy atom. The zero-order valence-electron chi connectivity index (χ0n) is 16.2. The normalized spacial score (nSPS) is 13.6. The van der Waals surface area contributed by atoms with Crippen molar-refractivity contribution in [1.29, 1.82) is 0 Å². The molecule has 1 aliphatic carbocycles. The number of fused-ring (bicyclic) bond motifs is 1. The highest BCUT2D eigenvalue weighted by atomic mass is 32.2. The fraction of sp³-hybridized carbons (Fsp3) is 0.333. The quantitative estimate of drug-likeness (QED) is 0.493. The average molecular weight is 427 g/mol. The van der Waals surface area contributed by atoms with Crippen molar-refractivity contribution in [3.63, 3.8) is 0 Å². The minimum atomic E-state index is -0.306.